The molecule has 0 saturated heterocycles. The number of aromatic amines is 1. The molecule has 14 heavy (non-hydrogen) atoms. The van der Waals surface area contributed by atoms with Crippen LogP contribution in [0.2, 0.25) is 0 Å². The minimum atomic E-state index is -0.231. The lowest BCUT2D eigenvalue weighted by Crippen LogP contribution is -2.21. The van der Waals surface area contributed by atoms with E-state index < -0.39 is 0 Å². The van der Waals surface area contributed by atoms with Gasteiger partial charge in [0.25, 0.3) is 5.56 Å². The van der Waals surface area contributed by atoms with E-state index in [9.17, 15) is 4.79 Å². The fourth-order valence-electron chi connectivity index (χ4n) is 0.761. The van der Waals surface area contributed by atoms with Crippen LogP contribution in [0.25, 0.3) is 0 Å². The third-order valence-electron chi connectivity index (χ3n) is 2.00. The van der Waals surface area contributed by atoms with E-state index in [2.05, 4.69) is 25.9 Å². The van der Waals surface area contributed by atoms with Crippen molar-refractivity contribution in [1.82, 2.24) is 9.97 Å². The van der Waals surface area contributed by atoms with Crippen molar-refractivity contribution in [2.75, 3.05) is 0 Å². The third kappa shape index (κ3) is 2.57. The highest BCUT2D eigenvalue weighted by molar-refractivity contribution is 9.10. The number of rotatable bonds is 3. The summed E-state index contributed by atoms with van der Waals surface area (Å²) in [5, 5.41) is 0. The van der Waals surface area contributed by atoms with Gasteiger partial charge in [-0.15, -0.1) is 0 Å². The first-order chi connectivity index (χ1) is 6.52. The number of hydrogen-bond acceptors (Lipinski definition) is 3. The van der Waals surface area contributed by atoms with E-state index in [1.807, 2.05) is 20.8 Å². The molecule has 0 aliphatic rings. The lowest BCUT2D eigenvalue weighted by molar-refractivity contribution is 0.161. The van der Waals surface area contributed by atoms with E-state index in [0.29, 0.717) is 16.3 Å². The summed E-state index contributed by atoms with van der Waals surface area (Å²) < 4.78 is 5.85. The zero-order valence-corrected chi connectivity index (χ0v) is 9.96. The molecule has 1 rings (SSSR count). The second kappa shape index (κ2) is 4.59. The van der Waals surface area contributed by atoms with Gasteiger partial charge in [0.05, 0.1) is 12.4 Å². The first-order valence-electron chi connectivity index (χ1n) is 4.42. The van der Waals surface area contributed by atoms with Gasteiger partial charge >= 0.3 is 0 Å². The topological polar surface area (TPSA) is 55.0 Å². The Morgan fingerprint density at radius 1 is 1.50 bits per heavy atom. The van der Waals surface area contributed by atoms with Gasteiger partial charge in [-0.25, -0.2) is 4.98 Å². The van der Waals surface area contributed by atoms with Crippen molar-refractivity contribution in [3.05, 3.63) is 21.2 Å². The van der Waals surface area contributed by atoms with Crippen molar-refractivity contribution in [2.45, 2.75) is 26.9 Å². The van der Waals surface area contributed by atoms with Gasteiger partial charge < -0.3 is 9.72 Å². The van der Waals surface area contributed by atoms with Gasteiger partial charge in [0.1, 0.15) is 4.47 Å². The molecule has 0 radical (unpaired) electrons. The summed E-state index contributed by atoms with van der Waals surface area (Å²) >= 11 is 3.13. The molecule has 1 N–H and O–H groups in total. The van der Waals surface area contributed by atoms with Crippen molar-refractivity contribution in [2.24, 2.45) is 5.92 Å². The Balaban J connectivity index is 2.87. The number of halogens is 1. The number of H-pyrrole nitrogens is 1. The van der Waals surface area contributed by atoms with E-state index in [0.717, 1.165) is 0 Å². The van der Waals surface area contributed by atoms with Gasteiger partial charge in [0, 0.05) is 0 Å². The molecule has 1 atom stereocenters. The first kappa shape index (κ1) is 11.2. The van der Waals surface area contributed by atoms with E-state index in [1.54, 1.807) is 0 Å². The maximum Gasteiger partial charge on any atom is 0.268 e. The maximum absolute atomic E-state index is 11.2. The molecule has 0 spiro atoms. The Morgan fingerprint density at radius 2 is 2.14 bits per heavy atom. The highest BCUT2D eigenvalue weighted by Gasteiger charge is 2.13. The molecule has 0 aliphatic carbocycles. The number of hydrogen-bond donors (Lipinski definition) is 1. The van der Waals surface area contributed by atoms with E-state index >= 15 is 0 Å². The van der Waals surface area contributed by atoms with Gasteiger partial charge in [-0.2, -0.15) is 0 Å². The number of nitrogens with one attached hydrogen (secondary N) is 1. The summed E-state index contributed by atoms with van der Waals surface area (Å²) in [6.45, 7) is 6.04. The van der Waals surface area contributed by atoms with Crippen LogP contribution >= 0.6 is 15.9 Å². The van der Waals surface area contributed by atoms with E-state index in [-0.39, 0.29) is 11.7 Å². The molecule has 78 valence electrons. The molecule has 0 aliphatic heterocycles. The number of aromatic nitrogens is 2. The van der Waals surface area contributed by atoms with Crippen LogP contribution in [0.15, 0.2) is 15.6 Å². The molecular weight excluding hydrogens is 248 g/mol. The Hall–Kier alpha value is -0.840. The fourth-order valence-corrected chi connectivity index (χ4v) is 1.07. The van der Waals surface area contributed by atoms with Crippen LogP contribution in [0.3, 0.4) is 0 Å². The smallest absolute Gasteiger partial charge is 0.268 e. The standard InChI is InChI=1S/C9H13BrN2O2/c1-5(2)6(3)14-9-7(10)8(13)11-4-12-9/h4-6H,1-3H3,(H,11,12,13). The SMILES string of the molecule is CC(C)C(C)Oc1nc[nH]c(=O)c1Br. The molecular formula is C9H13BrN2O2. The summed E-state index contributed by atoms with van der Waals surface area (Å²) in [7, 11) is 0. The summed E-state index contributed by atoms with van der Waals surface area (Å²) in [6.07, 6.45) is 1.36. The highest BCUT2D eigenvalue weighted by Crippen LogP contribution is 2.19. The van der Waals surface area contributed by atoms with Crippen molar-refractivity contribution >= 4 is 15.9 Å². The van der Waals surface area contributed by atoms with Crippen molar-refractivity contribution < 1.29 is 4.74 Å². The van der Waals surface area contributed by atoms with Gasteiger partial charge in [-0.05, 0) is 28.8 Å². The molecule has 4 nitrogen and oxygen atoms in total. The highest BCUT2D eigenvalue weighted by atomic mass is 79.9. The van der Waals surface area contributed by atoms with Crippen LogP contribution < -0.4 is 10.3 Å². The van der Waals surface area contributed by atoms with Crippen molar-refractivity contribution in [3.8, 4) is 5.88 Å². The molecule has 5 heteroatoms. The van der Waals surface area contributed by atoms with Gasteiger partial charge in [0.2, 0.25) is 5.88 Å². The lowest BCUT2D eigenvalue weighted by Gasteiger charge is -2.17. The molecule has 0 fully saturated rings. The summed E-state index contributed by atoms with van der Waals surface area (Å²) in [5.41, 5.74) is -0.231. The average molecular weight is 261 g/mol. The van der Waals surface area contributed by atoms with Gasteiger partial charge in [-0.1, -0.05) is 13.8 Å². The average Bonchev–Trinajstić information content (AvgIpc) is 2.12. The third-order valence-corrected chi connectivity index (χ3v) is 2.70. The van der Waals surface area contributed by atoms with Crippen LogP contribution in [-0.4, -0.2) is 16.1 Å². The lowest BCUT2D eigenvalue weighted by atomic mass is 10.1. The van der Waals surface area contributed by atoms with Crippen LogP contribution in [0.4, 0.5) is 0 Å². The Morgan fingerprint density at radius 3 is 2.71 bits per heavy atom. The van der Waals surface area contributed by atoms with Crippen LogP contribution in [-0.2, 0) is 0 Å². The van der Waals surface area contributed by atoms with Crippen LogP contribution in [0, 0.1) is 5.92 Å². The zero-order chi connectivity index (χ0) is 10.7. The first-order valence-corrected chi connectivity index (χ1v) is 5.21. The molecule has 0 aromatic carbocycles. The normalized spacial score (nSPS) is 12.9. The minimum absolute atomic E-state index is 0.0283. The minimum Gasteiger partial charge on any atom is -0.473 e. The summed E-state index contributed by atoms with van der Waals surface area (Å²) in [4.78, 5) is 17.6. The fraction of sp³-hybridized carbons (Fsp3) is 0.556. The molecule has 0 saturated carbocycles. The van der Waals surface area contributed by atoms with Gasteiger partial charge in [0.15, 0.2) is 0 Å². The maximum atomic E-state index is 11.2. The van der Waals surface area contributed by atoms with Crippen LogP contribution in [0.5, 0.6) is 5.88 Å². The Kier molecular flexibility index (Phi) is 3.69. The van der Waals surface area contributed by atoms with E-state index in [4.69, 9.17) is 4.74 Å². The molecule has 1 heterocycles. The number of ether oxygens (including phenoxy) is 1. The molecule has 1 aromatic rings. The monoisotopic (exact) mass is 260 g/mol. The zero-order valence-electron chi connectivity index (χ0n) is 8.37. The molecule has 0 bridgehead atoms. The summed E-state index contributed by atoms with van der Waals surface area (Å²) in [5.74, 6) is 0.720. The predicted octanol–water partition coefficient (Wildman–Crippen LogP) is 1.96. The Labute approximate surface area is 90.8 Å². The summed E-state index contributed by atoms with van der Waals surface area (Å²) in [6, 6.07) is 0. The second-order valence-corrected chi connectivity index (χ2v) is 4.21. The van der Waals surface area contributed by atoms with Crippen molar-refractivity contribution in [1.29, 1.82) is 0 Å². The second-order valence-electron chi connectivity index (χ2n) is 3.42. The van der Waals surface area contributed by atoms with Crippen molar-refractivity contribution in [3.63, 3.8) is 0 Å². The quantitative estimate of drug-likeness (QED) is 0.904. The predicted molar refractivity (Wildman–Crippen MR) is 57.5 cm³/mol. The Bertz CT molecular complexity index is 362. The van der Waals surface area contributed by atoms with Gasteiger partial charge in [-0.3, -0.25) is 4.79 Å². The van der Waals surface area contributed by atoms with E-state index in [1.165, 1.54) is 6.33 Å². The molecule has 1 aromatic heterocycles. The number of nitrogens with zero attached hydrogens (tertiary/aromatic N) is 1. The largest absolute Gasteiger partial charge is 0.473 e. The molecule has 1 unspecified atom stereocenters. The van der Waals surface area contributed by atoms with Crippen LogP contribution in [0.1, 0.15) is 20.8 Å². The molecule has 0 amide bonds.